The van der Waals surface area contributed by atoms with Crippen molar-refractivity contribution in [3.8, 4) is 0 Å². The van der Waals surface area contributed by atoms with Crippen molar-refractivity contribution < 1.29 is 27.0 Å². The summed E-state index contributed by atoms with van der Waals surface area (Å²) in [5.74, 6) is 0. The molecule has 2 rings (SSSR count). The van der Waals surface area contributed by atoms with Crippen molar-refractivity contribution in [2.45, 2.75) is 32.4 Å². The minimum atomic E-state index is -1.10. The van der Waals surface area contributed by atoms with Gasteiger partial charge in [0.25, 0.3) is 0 Å². The number of halogens is 1. The Hall–Kier alpha value is -0.913. The highest BCUT2D eigenvalue weighted by molar-refractivity contribution is 6.74. The first-order valence-electron chi connectivity index (χ1n) is 6.09. The van der Waals surface area contributed by atoms with E-state index >= 15 is 0 Å². The Balaban J connectivity index is 0.00000162. The van der Waals surface area contributed by atoms with Gasteiger partial charge in [-0.1, -0.05) is 44.4 Å². The lowest BCUT2D eigenvalue weighted by atomic mass is 10.3. The molecule has 2 N–H and O–H groups in total. The summed E-state index contributed by atoms with van der Waals surface area (Å²) in [6.45, 7) is 11.9. The molecular formula is C14H23BrN2OSi. The second-order valence-corrected chi connectivity index (χ2v) is 11.2. The van der Waals surface area contributed by atoms with Gasteiger partial charge in [0, 0.05) is 0 Å². The average Bonchev–Trinajstić information content (AvgIpc) is 2.56. The van der Waals surface area contributed by atoms with Crippen LogP contribution >= 0.6 is 0 Å². The lowest BCUT2D eigenvalue weighted by Gasteiger charge is -2.12. The number of hydrogen-bond donors (Lipinski definition) is 0. The van der Waals surface area contributed by atoms with Crippen LogP contribution in [0.5, 0.6) is 0 Å². The lowest BCUT2D eigenvalue weighted by molar-refractivity contribution is -0.655. The minimum Gasteiger partial charge on any atom is -1.00 e. The number of fused-ring (bicyclic) bond motifs is 1. The molecule has 0 bridgehead atoms. The number of nitrogens with zero attached hydrogens (tertiary/aromatic N) is 2. The van der Waals surface area contributed by atoms with Crippen LogP contribution in [0.1, 0.15) is 0 Å². The van der Waals surface area contributed by atoms with E-state index in [9.17, 15) is 0 Å². The number of hydrogen-bond acceptors (Lipinski definition) is 0. The third-order valence-corrected chi connectivity index (χ3v) is 4.04. The van der Waals surface area contributed by atoms with E-state index in [1.165, 1.54) is 11.0 Å². The second kappa shape index (κ2) is 7.03. The standard InChI is InChI=1S/C14H21N2Si.BrH.H2O/c1-5-10-15-11-16(12-17(2,3)4)14-9-7-6-8-13(14)15;;/h5-9,11H,1,10,12H2,2-4H3;1H;1H2/q+1;;/p-1. The summed E-state index contributed by atoms with van der Waals surface area (Å²) >= 11 is 0. The molecule has 0 aliphatic rings. The van der Waals surface area contributed by atoms with Crippen LogP contribution in [-0.4, -0.2) is 18.1 Å². The SMILES string of the molecule is C=CCn1c[n+](C[Si](C)(C)C)c2ccccc21.O.[Br-]. The number of allylic oxidation sites excluding steroid dienone is 1. The van der Waals surface area contributed by atoms with E-state index in [1.54, 1.807) is 0 Å². The van der Waals surface area contributed by atoms with E-state index in [1.807, 2.05) is 6.08 Å². The number of imidazole rings is 1. The Labute approximate surface area is 126 Å². The van der Waals surface area contributed by atoms with Gasteiger partial charge in [-0.15, -0.1) is 0 Å². The number of para-hydroxylation sites is 2. The van der Waals surface area contributed by atoms with Crippen molar-refractivity contribution in [1.29, 1.82) is 0 Å². The molecule has 0 amide bonds. The van der Waals surface area contributed by atoms with E-state index in [4.69, 9.17) is 0 Å². The van der Waals surface area contributed by atoms with Crippen molar-refractivity contribution in [3.05, 3.63) is 43.2 Å². The molecule has 1 aromatic carbocycles. The molecule has 1 heterocycles. The highest BCUT2D eigenvalue weighted by Gasteiger charge is 2.21. The fourth-order valence-electron chi connectivity index (χ4n) is 2.16. The predicted octanol–water partition coefficient (Wildman–Crippen LogP) is -0.828. The van der Waals surface area contributed by atoms with Crippen molar-refractivity contribution in [1.82, 2.24) is 4.57 Å². The van der Waals surface area contributed by atoms with E-state index in [0.29, 0.717) is 0 Å². The number of benzene rings is 1. The largest absolute Gasteiger partial charge is 1.00 e. The molecular weight excluding hydrogens is 320 g/mol. The smallest absolute Gasteiger partial charge is 0.244 e. The average molecular weight is 343 g/mol. The van der Waals surface area contributed by atoms with Gasteiger partial charge in [-0.05, 0) is 12.1 Å². The summed E-state index contributed by atoms with van der Waals surface area (Å²) in [4.78, 5) is 0. The molecule has 0 fully saturated rings. The van der Waals surface area contributed by atoms with E-state index in [0.717, 1.165) is 12.7 Å². The second-order valence-electron chi connectivity index (χ2n) is 5.73. The molecule has 19 heavy (non-hydrogen) atoms. The van der Waals surface area contributed by atoms with Gasteiger partial charge in [0.05, 0.1) is 14.2 Å². The molecule has 0 aliphatic heterocycles. The molecule has 0 saturated heterocycles. The van der Waals surface area contributed by atoms with Gasteiger partial charge in [0.15, 0.2) is 11.0 Å². The maximum Gasteiger partial charge on any atom is 0.244 e. The zero-order valence-corrected chi connectivity index (χ0v) is 14.4. The van der Waals surface area contributed by atoms with Gasteiger partial charge in [-0.3, -0.25) is 0 Å². The molecule has 1 aromatic heterocycles. The Bertz CT molecular complexity index is 546. The van der Waals surface area contributed by atoms with Crippen LogP contribution in [0.25, 0.3) is 11.0 Å². The summed E-state index contributed by atoms with van der Waals surface area (Å²) in [5, 5.41) is 0. The van der Waals surface area contributed by atoms with Crippen LogP contribution in [0.15, 0.2) is 43.2 Å². The maximum absolute atomic E-state index is 3.83. The molecule has 5 heteroatoms. The fraction of sp³-hybridized carbons (Fsp3) is 0.357. The van der Waals surface area contributed by atoms with Crippen molar-refractivity contribution >= 4 is 19.1 Å². The maximum atomic E-state index is 3.83. The van der Waals surface area contributed by atoms with E-state index in [2.05, 4.69) is 65.9 Å². The third kappa shape index (κ3) is 4.30. The summed E-state index contributed by atoms with van der Waals surface area (Å²) in [6, 6.07) is 8.59. The molecule has 3 nitrogen and oxygen atoms in total. The molecule has 0 radical (unpaired) electrons. The molecule has 2 aromatic rings. The van der Waals surface area contributed by atoms with E-state index < -0.39 is 8.07 Å². The Morgan fingerprint density at radius 3 is 2.47 bits per heavy atom. The van der Waals surface area contributed by atoms with Gasteiger partial charge in [0.2, 0.25) is 6.33 Å². The van der Waals surface area contributed by atoms with Crippen LogP contribution in [0.2, 0.25) is 19.6 Å². The lowest BCUT2D eigenvalue weighted by Crippen LogP contribution is -3.00. The Kier molecular flexibility index (Phi) is 6.69. The fourth-order valence-corrected chi connectivity index (χ4v) is 3.44. The molecule has 0 unspecified atom stereocenters. The van der Waals surface area contributed by atoms with Gasteiger partial charge in [-0.25, -0.2) is 9.13 Å². The molecule has 106 valence electrons. The van der Waals surface area contributed by atoms with Gasteiger partial charge in [-0.2, -0.15) is 0 Å². The minimum absolute atomic E-state index is 0. The summed E-state index contributed by atoms with van der Waals surface area (Å²) in [5.41, 5.74) is 2.63. The first-order valence-corrected chi connectivity index (χ1v) is 9.80. The Morgan fingerprint density at radius 2 is 1.89 bits per heavy atom. The summed E-state index contributed by atoms with van der Waals surface area (Å²) in [7, 11) is -1.10. The first-order chi connectivity index (χ1) is 8.01. The molecule has 0 saturated carbocycles. The quantitative estimate of drug-likeness (QED) is 0.395. The first kappa shape index (κ1) is 18.1. The Morgan fingerprint density at radius 1 is 1.26 bits per heavy atom. The van der Waals surface area contributed by atoms with Gasteiger partial charge < -0.3 is 22.5 Å². The van der Waals surface area contributed by atoms with Crippen LogP contribution in [0.4, 0.5) is 0 Å². The molecule has 0 atom stereocenters. The van der Waals surface area contributed by atoms with Gasteiger partial charge >= 0.3 is 0 Å². The monoisotopic (exact) mass is 342 g/mol. The van der Waals surface area contributed by atoms with Crippen LogP contribution in [0.3, 0.4) is 0 Å². The third-order valence-electron chi connectivity index (χ3n) is 2.75. The van der Waals surface area contributed by atoms with Crippen LogP contribution in [0, 0.1) is 0 Å². The normalized spacial score (nSPS) is 10.7. The number of rotatable bonds is 4. The van der Waals surface area contributed by atoms with Crippen molar-refractivity contribution in [3.63, 3.8) is 0 Å². The van der Waals surface area contributed by atoms with Gasteiger partial charge in [0.1, 0.15) is 6.54 Å². The van der Waals surface area contributed by atoms with Crippen LogP contribution in [-0.2, 0) is 12.7 Å². The highest BCUT2D eigenvalue weighted by atomic mass is 79.9. The van der Waals surface area contributed by atoms with E-state index in [-0.39, 0.29) is 22.5 Å². The molecule has 0 aliphatic carbocycles. The summed E-state index contributed by atoms with van der Waals surface area (Å²) in [6.07, 6.45) is 5.34. The topological polar surface area (TPSA) is 40.3 Å². The van der Waals surface area contributed by atoms with Crippen LogP contribution < -0.4 is 21.5 Å². The van der Waals surface area contributed by atoms with Crippen molar-refractivity contribution in [2.75, 3.05) is 0 Å². The predicted molar refractivity (Wildman–Crippen MR) is 79.3 cm³/mol. The highest BCUT2D eigenvalue weighted by Crippen LogP contribution is 2.12. The van der Waals surface area contributed by atoms with Crippen molar-refractivity contribution in [2.24, 2.45) is 0 Å². The number of aromatic nitrogens is 2. The zero-order chi connectivity index (χ0) is 12.5. The zero-order valence-electron chi connectivity index (χ0n) is 11.9. The summed E-state index contributed by atoms with van der Waals surface area (Å²) < 4.78 is 4.66. The molecule has 0 spiro atoms.